The number of fused-ring (bicyclic) bond motifs is 1. The maximum Gasteiger partial charge on any atom is -0.00871 e. The zero-order valence-corrected chi connectivity index (χ0v) is 17.9. The highest BCUT2D eigenvalue weighted by molar-refractivity contribution is 5.42. The van der Waals surface area contributed by atoms with Gasteiger partial charge >= 0.3 is 0 Å². The standard InChI is InChI=1S/C22H28.C2H6.C2H4/c1-5-17-11-15(3)21(16(4)12-17)14-22-18(6-2)13-19-9-7-8-10-20(19)22;2*1-2/h7-12,18,22H,5-6,13-14H2,1-4H3;1-2H3;1-2H2. The molecule has 3 rings (SSSR count). The van der Waals surface area contributed by atoms with Gasteiger partial charge in [0.1, 0.15) is 0 Å². The van der Waals surface area contributed by atoms with Gasteiger partial charge in [0.2, 0.25) is 0 Å². The van der Waals surface area contributed by atoms with Crippen LogP contribution in [0.4, 0.5) is 0 Å². The van der Waals surface area contributed by atoms with Crippen LogP contribution in [0.3, 0.4) is 0 Å². The number of aryl methyl sites for hydroxylation is 3. The second-order valence-corrected chi connectivity index (χ2v) is 6.94. The largest absolute Gasteiger partial charge is 0.106 e. The number of hydrogen-bond acceptors (Lipinski definition) is 0. The van der Waals surface area contributed by atoms with Gasteiger partial charge in [0.15, 0.2) is 0 Å². The van der Waals surface area contributed by atoms with E-state index in [-0.39, 0.29) is 0 Å². The third-order valence-electron chi connectivity index (χ3n) is 5.62. The minimum Gasteiger partial charge on any atom is -0.106 e. The van der Waals surface area contributed by atoms with Gasteiger partial charge in [0, 0.05) is 0 Å². The van der Waals surface area contributed by atoms with E-state index in [1.807, 2.05) is 13.8 Å². The van der Waals surface area contributed by atoms with Crippen LogP contribution in [0.25, 0.3) is 0 Å². The first-order valence-electron chi connectivity index (χ1n) is 10.3. The van der Waals surface area contributed by atoms with Gasteiger partial charge in [0.25, 0.3) is 0 Å². The Kier molecular flexibility index (Phi) is 9.41. The SMILES string of the molecule is C=C.CC.CCc1cc(C)c(CC2c3ccccc3CC2CC)c(C)c1. The molecule has 0 bridgehead atoms. The second-order valence-electron chi connectivity index (χ2n) is 6.94. The van der Waals surface area contributed by atoms with Crippen molar-refractivity contribution in [1.29, 1.82) is 0 Å². The molecule has 2 unspecified atom stereocenters. The van der Waals surface area contributed by atoms with E-state index in [1.165, 1.54) is 36.0 Å². The minimum absolute atomic E-state index is 0.700. The van der Waals surface area contributed by atoms with Crippen molar-refractivity contribution in [2.24, 2.45) is 5.92 Å². The molecule has 142 valence electrons. The fourth-order valence-electron chi connectivity index (χ4n) is 4.30. The Bertz CT molecular complexity index is 657. The summed E-state index contributed by atoms with van der Waals surface area (Å²) in [5.41, 5.74) is 9.20. The predicted octanol–water partition coefficient (Wildman–Crippen LogP) is 7.60. The van der Waals surface area contributed by atoms with Crippen LogP contribution in [0.15, 0.2) is 49.6 Å². The fraction of sp³-hybridized carbons (Fsp3) is 0.462. The Morgan fingerprint density at radius 1 is 0.962 bits per heavy atom. The van der Waals surface area contributed by atoms with Crippen molar-refractivity contribution in [1.82, 2.24) is 0 Å². The molecule has 0 nitrogen and oxygen atoms in total. The average Bonchev–Trinajstić information content (AvgIpc) is 3.05. The van der Waals surface area contributed by atoms with E-state index in [1.54, 1.807) is 16.7 Å². The van der Waals surface area contributed by atoms with Gasteiger partial charge in [-0.2, -0.15) is 0 Å². The molecule has 0 radical (unpaired) electrons. The van der Waals surface area contributed by atoms with Gasteiger partial charge in [0.05, 0.1) is 0 Å². The van der Waals surface area contributed by atoms with Crippen LogP contribution >= 0.6 is 0 Å². The highest BCUT2D eigenvalue weighted by Crippen LogP contribution is 2.42. The van der Waals surface area contributed by atoms with Crippen LogP contribution in [0.2, 0.25) is 0 Å². The first-order valence-corrected chi connectivity index (χ1v) is 10.3. The molecule has 1 aliphatic carbocycles. The first-order chi connectivity index (χ1) is 12.6. The summed E-state index contributed by atoms with van der Waals surface area (Å²) >= 11 is 0. The molecule has 2 atom stereocenters. The smallest absolute Gasteiger partial charge is 0.00871 e. The van der Waals surface area contributed by atoms with Crippen molar-refractivity contribution in [3.8, 4) is 0 Å². The van der Waals surface area contributed by atoms with E-state index in [4.69, 9.17) is 0 Å². The zero-order valence-electron chi connectivity index (χ0n) is 17.9. The summed E-state index contributed by atoms with van der Waals surface area (Å²) < 4.78 is 0. The van der Waals surface area contributed by atoms with Crippen molar-refractivity contribution in [3.05, 3.63) is 82.9 Å². The Hall–Kier alpha value is -1.82. The summed E-state index contributed by atoms with van der Waals surface area (Å²) in [6.07, 6.45) is 4.88. The van der Waals surface area contributed by atoms with Crippen LogP contribution in [0.1, 0.15) is 73.4 Å². The normalized spacial score (nSPS) is 17.5. The maximum absolute atomic E-state index is 3.00. The summed E-state index contributed by atoms with van der Waals surface area (Å²) in [7, 11) is 0. The molecule has 0 heteroatoms. The second kappa shape index (κ2) is 11.0. The lowest BCUT2D eigenvalue weighted by Gasteiger charge is -2.22. The summed E-state index contributed by atoms with van der Waals surface area (Å²) in [5, 5.41) is 0. The molecule has 1 aliphatic rings. The maximum atomic E-state index is 3.00. The molecule has 0 heterocycles. The molecule has 0 aliphatic heterocycles. The Morgan fingerprint density at radius 2 is 1.54 bits per heavy atom. The van der Waals surface area contributed by atoms with Crippen molar-refractivity contribution in [3.63, 3.8) is 0 Å². The molecule has 0 saturated carbocycles. The molecule has 0 spiro atoms. The molecular formula is C26H38. The van der Waals surface area contributed by atoms with Crippen LogP contribution in [0.5, 0.6) is 0 Å². The highest BCUT2D eigenvalue weighted by Gasteiger charge is 2.31. The van der Waals surface area contributed by atoms with Crippen molar-refractivity contribution < 1.29 is 0 Å². The van der Waals surface area contributed by atoms with E-state index in [2.05, 4.69) is 77.3 Å². The average molecular weight is 351 g/mol. The summed E-state index contributed by atoms with van der Waals surface area (Å²) in [5.74, 6) is 1.51. The lowest BCUT2D eigenvalue weighted by atomic mass is 9.82. The Morgan fingerprint density at radius 3 is 2.08 bits per heavy atom. The summed E-state index contributed by atoms with van der Waals surface area (Å²) in [6, 6.07) is 13.9. The van der Waals surface area contributed by atoms with Gasteiger partial charge in [-0.1, -0.05) is 70.5 Å². The van der Waals surface area contributed by atoms with Gasteiger partial charge in [-0.3, -0.25) is 0 Å². The highest BCUT2D eigenvalue weighted by atomic mass is 14.4. The number of rotatable bonds is 4. The van der Waals surface area contributed by atoms with Crippen LogP contribution < -0.4 is 0 Å². The van der Waals surface area contributed by atoms with E-state index in [0.717, 1.165) is 12.3 Å². The van der Waals surface area contributed by atoms with Crippen molar-refractivity contribution in [2.45, 2.75) is 73.1 Å². The van der Waals surface area contributed by atoms with Gasteiger partial charge < -0.3 is 0 Å². The van der Waals surface area contributed by atoms with Crippen molar-refractivity contribution in [2.75, 3.05) is 0 Å². The zero-order chi connectivity index (χ0) is 19.7. The van der Waals surface area contributed by atoms with Crippen molar-refractivity contribution >= 4 is 0 Å². The Balaban J connectivity index is 0.000000791. The quantitative estimate of drug-likeness (QED) is 0.498. The lowest BCUT2D eigenvalue weighted by Crippen LogP contribution is -2.12. The molecule has 0 amide bonds. The first kappa shape index (κ1) is 22.2. The number of hydrogen-bond donors (Lipinski definition) is 0. The molecular weight excluding hydrogens is 312 g/mol. The van der Waals surface area contributed by atoms with E-state index in [9.17, 15) is 0 Å². The van der Waals surface area contributed by atoms with Gasteiger partial charge in [-0.05, 0) is 78.3 Å². The minimum atomic E-state index is 0.700. The lowest BCUT2D eigenvalue weighted by molar-refractivity contribution is 0.439. The van der Waals surface area contributed by atoms with Gasteiger partial charge in [-0.25, -0.2) is 0 Å². The molecule has 0 saturated heterocycles. The van der Waals surface area contributed by atoms with E-state index < -0.39 is 0 Å². The Labute approximate surface area is 162 Å². The molecule has 0 fully saturated rings. The van der Waals surface area contributed by atoms with Crippen LogP contribution in [0, 0.1) is 19.8 Å². The van der Waals surface area contributed by atoms with E-state index in [0.29, 0.717) is 5.92 Å². The van der Waals surface area contributed by atoms with E-state index >= 15 is 0 Å². The summed E-state index contributed by atoms with van der Waals surface area (Å²) in [6.45, 7) is 19.2. The fourth-order valence-corrected chi connectivity index (χ4v) is 4.30. The number of benzene rings is 2. The molecule has 26 heavy (non-hydrogen) atoms. The molecule has 2 aromatic carbocycles. The molecule has 0 N–H and O–H groups in total. The third-order valence-corrected chi connectivity index (χ3v) is 5.62. The van der Waals surface area contributed by atoms with Crippen LogP contribution in [-0.2, 0) is 19.3 Å². The predicted molar refractivity (Wildman–Crippen MR) is 118 cm³/mol. The molecule has 2 aromatic rings. The van der Waals surface area contributed by atoms with Gasteiger partial charge in [-0.15, -0.1) is 13.2 Å². The van der Waals surface area contributed by atoms with Crippen LogP contribution in [-0.4, -0.2) is 0 Å². The summed E-state index contributed by atoms with van der Waals surface area (Å²) in [4.78, 5) is 0. The monoisotopic (exact) mass is 350 g/mol. The molecule has 0 aromatic heterocycles. The third kappa shape index (κ3) is 4.87. The topological polar surface area (TPSA) is 0 Å².